The van der Waals surface area contributed by atoms with Gasteiger partial charge >= 0.3 is 5.97 Å². The van der Waals surface area contributed by atoms with E-state index in [9.17, 15) is 4.79 Å². The maximum Gasteiger partial charge on any atom is 0.338 e. The Bertz CT molecular complexity index is 593. The van der Waals surface area contributed by atoms with Crippen LogP contribution in [0, 0.1) is 0 Å². The number of methoxy groups -OCH3 is 2. The number of rotatable bonds is 5. The summed E-state index contributed by atoms with van der Waals surface area (Å²) < 4.78 is 15.6. The molecule has 0 saturated carbocycles. The lowest BCUT2D eigenvalue weighted by Crippen LogP contribution is -2.07. The monoisotopic (exact) mass is 272 g/mol. The molecule has 0 aliphatic rings. The minimum atomic E-state index is -0.366. The first-order chi connectivity index (χ1) is 9.74. The van der Waals surface area contributed by atoms with Crippen molar-refractivity contribution < 1.29 is 19.0 Å². The van der Waals surface area contributed by atoms with Crippen LogP contribution in [0.5, 0.6) is 11.5 Å². The van der Waals surface area contributed by atoms with Crippen LogP contribution in [-0.2, 0) is 11.3 Å². The van der Waals surface area contributed by atoms with Crippen molar-refractivity contribution in [1.82, 2.24) is 0 Å². The van der Waals surface area contributed by atoms with E-state index >= 15 is 0 Å². The molecule has 2 rings (SSSR count). The average molecular weight is 272 g/mol. The van der Waals surface area contributed by atoms with Gasteiger partial charge in [-0.3, -0.25) is 0 Å². The van der Waals surface area contributed by atoms with Crippen LogP contribution in [0.3, 0.4) is 0 Å². The Kier molecular flexibility index (Phi) is 4.60. The molecule has 0 saturated heterocycles. The van der Waals surface area contributed by atoms with Crippen LogP contribution in [0.4, 0.5) is 0 Å². The van der Waals surface area contributed by atoms with Crippen molar-refractivity contribution in [2.75, 3.05) is 14.2 Å². The Morgan fingerprint density at radius 3 is 2.50 bits per heavy atom. The SMILES string of the molecule is COC(=O)c1ccccc1COc1cccc(OC)c1. The summed E-state index contributed by atoms with van der Waals surface area (Å²) in [7, 11) is 2.97. The van der Waals surface area contributed by atoms with Gasteiger partial charge in [0.2, 0.25) is 0 Å². The molecule has 0 N–H and O–H groups in total. The molecule has 0 bridgehead atoms. The van der Waals surface area contributed by atoms with Crippen molar-refractivity contribution >= 4 is 5.97 Å². The van der Waals surface area contributed by atoms with Crippen molar-refractivity contribution in [3.8, 4) is 11.5 Å². The van der Waals surface area contributed by atoms with Gasteiger partial charge in [-0.2, -0.15) is 0 Å². The third-order valence-electron chi connectivity index (χ3n) is 2.86. The highest BCUT2D eigenvalue weighted by Crippen LogP contribution is 2.20. The molecule has 0 heterocycles. The van der Waals surface area contributed by atoms with Gasteiger partial charge in [0.15, 0.2) is 0 Å². The van der Waals surface area contributed by atoms with Gasteiger partial charge in [0.25, 0.3) is 0 Å². The molecule has 0 radical (unpaired) electrons. The first-order valence-corrected chi connectivity index (χ1v) is 6.17. The van der Waals surface area contributed by atoms with Gasteiger partial charge in [-0.1, -0.05) is 24.3 Å². The second-order valence-corrected chi connectivity index (χ2v) is 4.12. The standard InChI is InChI=1S/C16H16O4/c1-18-13-7-5-8-14(10-13)20-11-12-6-3-4-9-15(12)16(17)19-2/h3-10H,11H2,1-2H3. The first-order valence-electron chi connectivity index (χ1n) is 6.17. The van der Waals surface area contributed by atoms with E-state index in [0.717, 1.165) is 11.3 Å². The predicted molar refractivity (Wildman–Crippen MR) is 75.1 cm³/mol. The molecule has 2 aromatic carbocycles. The summed E-state index contributed by atoms with van der Waals surface area (Å²) in [4.78, 5) is 11.6. The minimum absolute atomic E-state index is 0.290. The fourth-order valence-electron chi connectivity index (χ4n) is 1.81. The second kappa shape index (κ2) is 6.61. The van der Waals surface area contributed by atoms with Crippen LogP contribution < -0.4 is 9.47 Å². The largest absolute Gasteiger partial charge is 0.497 e. The molecule has 0 fully saturated rings. The summed E-state index contributed by atoms with van der Waals surface area (Å²) in [6, 6.07) is 14.5. The van der Waals surface area contributed by atoms with Crippen LogP contribution in [0.2, 0.25) is 0 Å². The number of hydrogen-bond acceptors (Lipinski definition) is 4. The smallest absolute Gasteiger partial charge is 0.338 e. The van der Waals surface area contributed by atoms with Crippen molar-refractivity contribution in [1.29, 1.82) is 0 Å². The molecule has 104 valence electrons. The van der Waals surface area contributed by atoms with Crippen LogP contribution in [-0.4, -0.2) is 20.2 Å². The number of carbonyl (C=O) groups excluding carboxylic acids is 1. The zero-order valence-electron chi connectivity index (χ0n) is 11.5. The van der Waals surface area contributed by atoms with Crippen molar-refractivity contribution in [2.45, 2.75) is 6.61 Å². The van der Waals surface area contributed by atoms with E-state index < -0.39 is 0 Å². The van der Waals surface area contributed by atoms with Gasteiger partial charge in [0.1, 0.15) is 18.1 Å². The molecule has 0 aliphatic heterocycles. The van der Waals surface area contributed by atoms with E-state index in [1.165, 1.54) is 7.11 Å². The molecular weight excluding hydrogens is 256 g/mol. The molecule has 0 unspecified atom stereocenters. The number of hydrogen-bond donors (Lipinski definition) is 0. The Morgan fingerprint density at radius 1 is 1.00 bits per heavy atom. The Balaban J connectivity index is 2.12. The maximum absolute atomic E-state index is 11.6. The highest BCUT2D eigenvalue weighted by atomic mass is 16.5. The number of esters is 1. The van der Waals surface area contributed by atoms with E-state index in [2.05, 4.69) is 0 Å². The van der Waals surface area contributed by atoms with Gasteiger partial charge in [-0.25, -0.2) is 4.79 Å². The maximum atomic E-state index is 11.6. The molecule has 0 amide bonds. The van der Waals surface area contributed by atoms with Crippen LogP contribution >= 0.6 is 0 Å². The molecule has 20 heavy (non-hydrogen) atoms. The summed E-state index contributed by atoms with van der Waals surface area (Å²) >= 11 is 0. The van der Waals surface area contributed by atoms with E-state index in [4.69, 9.17) is 14.2 Å². The summed E-state index contributed by atoms with van der Waals surface area (Å²) in [5, 5.41) is 0. The molecule has 4 nitrogen and oxygen atoms in total. The first kappa shape index (κ1) is 13.9. The van der Waals surface area contributed by atoms with Crippen LogP contribution in [0.1, 0.15) is 15.9 Å². The van der Waals surface area contributed by atoms with Crippen molar-refractivity contribution in [2.24, 2.45) is 0 Å². The molecule has 0 aliphatic carbocycles. The third kappa shape index (κ3) is 3.29. The summed E-state index contributed by atoms with van der Waals surface area (Å²) in [6.45, 7) is 0.290. The second-order valence-electron chi connectivity index (χ2n) is 4.12. The number of carbonyl (C=O) groups is 1. The van der Waals surface area contributed by atoms with Crippen LogP contribution in [0.25, 0.3) is 0 Å². The Morgan fingerprint density at radius 2 is 1.75 bits per heavy atom. The normalized spacial score (nSPS) is 9.90. The molecule has 0 atom stereocenters. The molecule has 0 aromatic heterocycles. The van der Waals surface area contributed by atoms with Crippen molar-refractivity contribution in [3.05, 3.63) is 59.7 Å². The molecule has 2 aromatic rings. The van der Waals surface area contributed by atoms with E-state index in [1.807, 2.05) is 30.3 Å². The summed E-state index contributed by atoms with van der Waals surface area (Å²) in [6.07, 6.45) is 0. The minimum Gasteiger partial charge on any atom is -0.497 e. The Labute approximate surface area is 117 Å². The quantitative estimate of drug-likeness (QED) is 0.785. The zero-order chi connectivity index (χ0) is 14.4. The summed E-state index contributed by atoms with van der Waals surface area (Å²) in [5.74, 6) is 1.04. The van der Waals surface area contributed by atoms with Crippen LogP contribution in [0.15, 0.2) is 48.5 Å². The highest BCUT2D eigenvalue weighted by Gasteiger charge is 2.11. The average Bonchev–Trinajstić information content (AvgIpc) is 2.52. The van der Waals surface area contributed by atoms with Gasteiger partial charge < -0.3 is 14.2 Å². The molecule has 4 heteroatoms. The van der Waals surface area contributed by atoms with Gasteiger partial charge in [0.05, 0.1) is 19.8 Å². The Hall–Kier alpha value is -2.49. The van der Waals surface area contributed by atoms with Gasteiger partial charge in [0, 0.05) is 11.6 Å². The third-order valence-corrected chi connectivity index (χ3v) is 2.86. The summed E-state index contributed by atoms with van der Waals surface area (Å²) in [5.41, 5.74) is 1.29. The topological polar surface area (TPSA) is 44.8 Å². The van der Waals surface area contributed by atoms with E-state index in [1.54, 1.807) is 25.3 Å². The molecular formula is C16H16O4. The predicted octanol–water partition coefficient (Wildman–Crippen LogP) is 3.06. The zero-order valence-corrected chi connectivity index (χ0v) is 11.5. The lowest BCUT2D eigenvalue weighted by Gasteiger charge is -2.10. The fourth-order valence-corrected chi connectivity index (χ4v) is 1.81. The lowest BCUT2D eigenvalue weighted by molar-refractivity contribution is 0.0597. The fraction of sp³-hybridized carbons (Fsp3) is 0.188. The van der Waals surface area contributed by atoms with E-state index in [0.29, 0.717) is 17.9 Å². The van der Waals surface area contributed by atoms with Crippen molar-refractivity contribution in [3.63, 3.8) is 0 Å². The highest BCUT2D eigenvalue weighted by molar-refractivity contribution is 5.90. The van der Waals surface area contributed by atoms with Gasteiger partial charge in [-0.15, -0.1) is 0 Å². The lowest BCUT2D eigenvalue weighted by atomic mass is 10.1. The molecule has 0 spiro atoms. The number of benzene rings is 2. The van der Waals surface area contributed by atoms with E-state index in [-0.39, 0.29) is 5.97 Å². The van der Waals surface area contributed by atoms with Gasteiger partial charge in [-0.05, 0) is 18.2 Å². The number of ether oxygens (including phenoxy) is 3.